The average molecular weight is 499 g/mol. The van der Waals surface area contributed by atoms with Crippen molar-refractivity contribution in [2.45, 2.75) is 58.0 Å². The van der Waals surface area contributed by atoms with Crippen molar-refractivity contribution < 1.29 is 23.2 Å². The molecule has 1 N–H and O–H groups in total. The van der Waals surface area contributed by atoms with Crippen molar-refractivity contribution in [3.8, 4) is 0 Å². The molecule has 9 heteroatoms. The van der Waals surface area contributed by atoms with Crippen molar-refractivity contribution in [2.24, 2.45) is 11.8 Å². The van der Waals surface area contributed by atoms with Gasteiger partial charge >= 0.3 is 6.03 Å². The molecule has 1 atom stereocenters. The van der Waals surface area contributed by atoms with Crippen LogP contribution < -0.4 is 5.32 Å². The summed E-state index contributed by atoms with van der Waals surface area (Å²) in [5.41, 5.74) is -0.0944. The lowest BCUT2D eigenvalue weighted by Gasteiger charge is -2.41. The highest BCUT2D eigenvalue weighted by Crippen LogP contribution is 2.38. The summed E-state index contributed by atoms with van der Waals surface area (Å²) in [6.07, 6.45) is 3.93. The number of aromatic nitrogens is 1. The third-order valence-electron chi connectivity index (χ3n) is 7.19. The molecule has 0 bridgehead atoms. The Balaban J connectivity index is 1.46. The van der Waals surface area contributed by atoms with Crippen LogP contribution in [0.4, 0.5) is 13.6 Å². The summed E-state index contributed by atoms with van der Waals surface area (Å²) in [5.74, 6) is -1.66. The number of nitrogens with one attached hydrogen (secondary N) is 1. The SMILES string of the molecule is CC(C)CC[C@@]1(C2CCN(C(=O)Cc3cc(F)cc(F)c3)CC2)NC(=O)N(Cc2ccccn2)C1=O. The van der Waals surface area contributed by atoms with E-state index in [2.05, 4.69) is 24.1 Å². The van der Waals surface area contributed by atoms with Crippen LogP contribution >= 0.6 is 0 Å². The van der Waals surface area contributed by atoms with E-state index in [0.29, 0.717) is 44.0 Å². The topological polar surface area (TPSA) is 82.6 Å². The molecule has 4 rings (SSSR count). The number of hydrogen-bond donors (Lipinski definition) is 1. The van der Waals surface area contributed by atoms with Gasteiger partial charge in [-0.1, -0.05) is 19.9 Å². The lowest BCUT2D eigenvalue weighted by atomic mass is 9.73. The zero-order chi connectivity index (χ0) is 25.9. The Morgan fingerprint density at radius 3 is 2.44 bits per heavy atom. The molecule has 2 aliphatic rings. The van der Waals surface area contributed by atoms with Crippen molar-refractivity contribution in [3.05, 3.63) is 65.5 Å². The van der Waals surface area contributed by atoms with Gasteiger partial charge in [-0.15, -0.1) is 0 Å². The van der Waals surface area contributed by atoms with E-state index in [0.717, 1.165) is 24.6 Å². The number of pyridine rings is 1. The number of rotatable bonds is 8. The van der Waals surface area contributed by atoms with Crippen LogP contribution in [0.5, 0.6) is 0 Å². The lowest BCUT2D eigenvalue weighted by molar-refractivity contribution is -0.136. The molecule has 0 radical (unpaired) electrons. The zero-order valence-electron chi connectivity index (χ0n) is 20.7. The van der Waals surface area contributed by atoms with Crippen LogP contribution in [0.3, 0.4) is 0 Å². The molecule has 1 aromatic carbocycles. The van der Waals surface area contributed by atoms with Crippen molar-refractivity contribution in [2.75, 3.05) is 13.1 Å². The largest absolute Gasteiger partial charge is 0.342 e. The normalized spacial score (nSPS) is 20.8. The molecule has 2 aromatic rings. The Labute approximate surface area is 209 Å². The smallest absolute Gasteiger partial charge is 0.325 e. The predicted molar refractivity (Wildman–Crippen MR) is 129 cm³/mol. The van der Waals surface area contributed by atoms with Gasteiger partial charge in [0.25, 0.3) is 5.91 Å². The van der Waals surface area contributed by atoms with Gasteiger partial charge in [0.1, 0.15) is 17.2 Å². The van der Waals surface area contributed by atoms with Gasteiger partial charge in [-0.3, -0.25) is 19.5 Å². The quantitative estimate of drug-likeness (QED) is 0.557. The highest BCUT2D eigenvalue weighted by molar-refractivity contribution is 6.07. The van der Waals surface area contributed by atoms with Gasteiger partial charge in [-0.05, 0) is 67.3 Å². The molecule has 7 nitrogen and oxygen atoms in total. The Hall–Kier alpha value is -3.36. The summed E-state index contributed by atoms with van der Waals surface area (Å²) in [4.78, 5) is 46.7. The first-order valence-corrected chi connectivity index (χ1v) is 12.4. The highest BCUT2D eigenvalue weighted by atomic mass is 19.1. The first-order chi connectivity index (χ1) is 17.2. The Bertz CT molecular complexity index is 1100. The predicted octanol–water partition coefficient (Wildman–Crippen LogP) is 4.07. The van der Waals surface area contributed by atoms with E-state index in [-0.39, 0.29) is 36.3 Å². The lowest BCUT2D eigenvalue weighted by Crippen LogP contribution is -2.56. The van der Waals surface area contributed by atoms with Crippen LogP contribution in [0, 0.1) is 23.5 Å². The minimum Gasteiger partial charge on any atom is -0.342 e. The molecule has 0 unspecified atom stereocenters. The standard InChI is InChI=1S/C27H32F2N4O3/c1-18(2)6-9-27(25(35)33(26(36)31-27)17-23-5-3-4-10-30-23)20-7-11-32(12-8-20)24(34)15-19-13-21(28)16-22(29)14-19/h3-5,10,13-14,16,18,20H,6-9,11-12,15,17H2,1-2H3,(H,31,36)/t27-/m0/s1. The van der Waals surface area contributed by atoms with Gasteiger partial charge in [0, 0.05) is 25.4 Å². The fraction of sp³-hybridized carbons (Fsp3) is 0.481. The molecule has 36 heavy (non-hydrogen) atoms. The van der Waals surface area contributed by atoms with Crippen molar-refractivity contribution in [3.63, 3.8) is 0 Å². The summed E-state index contributed by atoms with van der Waals surface area (Å²) in [7, 11) is 0. The zero-order valence-corrected chi connectivity index (χ0v) is 20.7. The molecule has 192 valence electrons. The second kappa shape index (κ2) is 10.7. The van der Waals surface area contributed by atoms with Crippen LogP contribution in [0.1, 0.15) is 50.8 Å². The summed E-state index contributed by atoms with van der Waals surface area (Å²) in [6.45, 7) is 5.09. The number of halogens is 2. The fourth-order valence-corrected chi connectivity index (χ4v) is 5.23. The Morgan fingerprint density at radius 2 is 1.83 bits per heavy atom. The molecule has 0 aliphatic carbocycles. The van der Waals surface area contributed by atoms with Gasteiger partial charge in [-0.2, -0.15) is 0 Å². The number of benzene rings is 1. The second-order valence-electron chi connectivity index (χ2n) is 10.2. The number of amides is 4. The molecular weight excluding hydrogens is 466 g/mol. The number of likely N-dealkylation sites (tertiary alicyclic amines) is 1. The third kappa shape index (κ3) is 5.55. The van der Waals surface area contributed by atoms with E-state index >= 15 is 0 Å². The van der Waals surface area contributed by atoms with E-state index < -0.39 is 23.2 Å². The van der Waals surface area contributed by atoms with Gasteiger partial charge < -0.3 is 10.2 Å². The van der Waals surface area contributed by atoms with E-state index in [1.807, 2.05) is 6.07 Å². The highest BCUT2D eigenvalue weighted by Gasteiger charge is 2.55. The molecule has 2 saturated heterocycles. The van der Waals surface area contributed by atoms with Crippen molar-refractivity contribution in [1.29, 1.82) is 0 Å². The second-order valence-corrected chi connectivity index (χ2v) is 10.2. The first-order valence-electron chi connectivity index (χ1n) is 12.4. The van der Waals surface area contributed by atoms with E-state index in [1.54, 1.807) is 23.2 Å². The number of hydrogen-bond acceptors (Lipinski definition) is 4. The third-order valence-corrected chi connectivity index (χ3v) is 7.19. The Kier molecular flexibility index (Phi) is 7.66. The van der Waals surface area contributed by atoms with Crippen molar-refractivity contribution >= 4 is 17.8 Å². The van der Waals surface area contributed by atoms with Gasteiger partial charge in [0.2, 0.25) is 5.91 Å². The summed E-state index contributed by atoms with van der Waals surface area (Å²) >= 11 is 0. The molecule has 3 heterocycles. The van der Waals surface area contributed by atoms with Crippen LogP contribution in [0.15, 0.2) is 42.6 Å². The first kappa shape index (κ1) is 25.7. The minimum atomic E-state index is -1.02. The molecule has 1 aromatic heterocycles. The van der Waals surface area contributed by atoms with Crippen LogP contribution in [0.25, 0.3) is 0 Å². The number of nitrogens with zero attached hydrogens (tertiary/aromatic N) is 3. The summed E-state index contributed by atoms with van der Waals surface area (Å²) in [5, 5.41) is 3.03. The molecule has 0 saturated carbocycles. The van der Waals surface area contributed by atoms with Crippen LogP contribution in [-0.2, 0) is 22.6 Å². The maximum Gasteiger partial charge on any atom is 0.325 e. The molecule has 2 aliphatic heterocycles. The van der Waals surface area contributed by atoms with Crippen LogP contribution in [0.2, 0.25) is 0 Å². The molecule has 0 spiro atoms. The maximum atomic E-state index is 13.7. The Morgan fingerprint density at radius 1 is 1.14 bits per heavy atom. The number of carbonyl (C=O) groups is 3. The average Bonchev–Trinajstić information content (AvgIpc) is 3.08. The summed E-state index contributed by atoms with van der Waals surface area (Å²) in [6, 6.07) is 8.07. The number of imide groups is 1. The fourth-order valence-electron chi connectivity index (χ4n) is 5.23. The number of urea groups is 1. The van der Waals surface area contributed by atoms with Gasteiger partial charge in [0.15, 0.2) is 0 Å². The van der Waals surface area contributed by atoms with Crippen LogP contribution in [-0.4, -0.2) is 51.3 Å². The molecule has 2 fully saturated rings. The number of carbonyl (C=O) groups excluding carboxylic acids is 3. The van der Waals surface area contributed by atoms with Gasteiger partial charge in [0.05, 0.1) is 18.7 Å². The summed E-state index contributed by atoms with van der Waals surface area (Å²) < 4.78 is 27.0. The molecular formula is C27H32F2N4O3. The van der Waals surface area contributed by atoms with E-state index in [1.165, 1.54) is 4.90 Å². The monoisotopic (exact) mass is 498 g/mol. The maximum absolute atomic E-state index is 13.7. The minimum absolute atomic E-state index is 0.0919. The van der Waals surface area contributed by atoms with E-state index in [9.17, 15) is 23.2 Å². The number of piperidine rings is 1. The molecule has 4 amide bonds. The van der Waals surface area contributed by atoms with Gasteiger partial charge in [-0.25, -0.2) is 13.6 Å². The van der Waals surface area contributed by atoms with E-state index in [4.69, 9.17) is 0 Å². The van der Waals surface area contributed by atoms with Crippen molar-refractivity contribution in [1.82, 2.24) is 20.1 Å².